The van der Waals surface area contributed by atoms with Gasteiger partial charge in [0.1, 0.15) is 0 Å². The first kappa shape index (κ1) is 6.33. The Hall–Kier alpha value is -0.790. The van der Waals surface area contributed by atoms with Crippen LogP contribution in [0.25, 0.3) is 0 Å². The molecule has 50 valence electrons. The van der Waals surface area contributed by atoms with Crippen LogP contribution in [-0.4, -0.2) is 5.91 Å². The minimum absolute atomic E-state index is 0.0231. The summed E-state index contributed by atoms with van der Waals surface area (Å²) < 4.78 is 0. The Bertz CT molecular complexity index is 151. The first-order valence-electron chi connectivity index (χ1n) is 3.19. The molecular formula is C7H11NO. The average molecular weight is 125 g/mol. The van der Waals surface area contributed by atoms with Crippen LogP contribution in [0.4, 0.5) is 0 Å². The van der Waals surface area contributed by atoms with Crippen molar-refractivity contribution in [2.45, 2.75) is 19.3 Å². The van der Waals surface area contributed by atoms with E-state index in [1.807, 2.05) is 0 Å². The smallest absolute Gasteiger partial charge is 0.224 e. The van der Waals surface area contributed by atoms with Gasteiger partial charge in [0, 0.05) is 0 Å². The molecule has 0 radical (unpaired) electrons. The summed E-state index contributed by atoms with van der Waals surface area (Å²) in [5, 5.41) is 0. The van der Waals surface area contributed by atoms with Gasteiger partial charge in [-0.1, -0.05) is 12.2 Å². The molecule has 9 heavy (non-hydrogen) atoms. The Morgan fingerprint density at radius 2 is 2.44 bits per heavy atom. The normalized spacial score (nSPS) is 26.7. The van der Waals surface area contributed by atoms with Crippen LogP contribution < -0.4 is 5.73 Å². The molecule has 0 saturated heterocycles. The maximum absolute atomic E-state index is 10.6. The van der Waals surface area contributed by atoms with Gasteiger partial charge in [0.05, 0.1) is 5.92 Å². The molecule has 0 aromatic rings. The molecule has 0 spiro atoms. The predicted molar refractivity (Wildman–Crippen MR) is 35.7 cm³/mol. The molecule has 1 saturated carbocycles. The zero-order chi connectivity index (χ0) is 6.85. The monoisotopic (exact) mass is 125 g/mol. The van der Waals surface area contributed by atoms with Crippen molar-refractivity contribution in [2.75, 3.05) is 0 Å². The lowest BCUT2D eigenvalue weighted by Gasteiger charge is -2.02. The second-order valence-corrected chi connectivity index (χ2v) is 2.51. The minimum Gasteiger partial charge on any atom is -0.369 e. The van der Waals surface area contributed by atoms with E-state index in [4.69, 9.17) is 5.73 Å². The Morgan fingerprint density at radius 1 is 1.78 bits per heavy atom. The molecule has 0 heterocycles. The molecule has 2 heteroatoms. The van der Waals surface area contributed by atoms with Crippen molar-refractivity contribution in [1.29, 1.82) is 0 Å². The van der Waals surface area contributed by atoms with Crippen LogP contribution in [0.1, 0.15) is 19.3 Å². The van der Waals surface area contributed by atoms with Gasteiger partial charge in [0.2, 0.25) is 5.91 Å². The number of nitrogens with two attached hydrogens (primary N) is 1. The molecule has 0 aromatic heterocycles. The third kappa shape index (κ3) is 1.12. The number of primary amides is 1. The van der Waals surface area contributed by atoms with E-state index in [0.717, 1.165) is 24.8 Å². The fourth-order valence-corrected chi connectivity index (χ4v) is 1.26. The number of rotatable bonds is 1. The van der Waals surface area contributed by atoms with E-state index in [-0.39, 0.29) is 11.8 Å². The van der Waals surface area contributed by atoms with Crippen molar-refractivity contribution in [3.8, 4) is 0 Å². The highest BCUT2D eigenvalue weighted by Crippen LogP contribution is 2.28. The lowest BCUT2D eigenvalue weighted by Crippen LogP contribution is -2.21. The standard InChI is InChI=1S/C7H11NO/c1-5-3-2-4-6(5)7(8)9/h6H,1-4H2,(H2,8,9). The molecule has 0 aromatic carbocycles. The third-order valence-corrected chi connectivity index (χ3v) is 1.83. The number of hydrogen-bond donors (Lipinski definition) is 1. The van der Waals surface area contributed by atoms with Crippen molar-refractivity contribution in [3.63, 3.8) is 0 Å². The maximum atomic E-state index is 10.6. The summed E-state index contributed by atoms with van der Waals surface area (Å²) in [6, 6.07) is 0. The van der Waals surface area contributed by atoms with Gasteiger partial charge in [0.15, 0.2) is 0 Å². The molecule has 1 fully saturated rings. The predicted octanol–water partition coefficient (Wildman–Crippen LogP) is 0.828. The van der Waals surface area contributed by atoms with Crippen LogP contribution in [0.3, 0.4) is 0 Å². The lowest BCUT2D eigenvalue weighted by atomic mass is 10.0. The highest BCUT2D eigenvalue weighted by Gasteiger charge is 2.23. The largest absolute Gasteiger partial charge is 0.369 e. The maximum Gasteiger partial charge on any atom is 0.224 e. The summed E-state index contributed by atoms with van der Waals surface area (Å²) in [5.74, 6) is -0.234. The molecule has 2 N–H and O–H groups in total. The van der Waals surface area contributed by atoms with E-state index < -0.39 is 0 Å². The fraction of sp³-hybridized carbons (Fsp3) is 0.571. The molecule has 1 atom stereocenters. The van der Waals surface area contributed by atoms with Crippen LogP contribution in [0.5, 0.6) is 0 Å². The summed E-state index contributed by atoms with van der Waals surface area (Å²) in [6.07, 6.45) is 2.97. The first-order valence-corrected chi connectivity index (χ1v) is 3.19. The average Bonchev–Trinajstić information content (AvgIpc) is 2.13. The van der Waals surface area contributed by atoms with Crippen LogP contribution in [0.15, 0.2) is 12.2 Å². The topological polar surface area (TPSA) is 43.1 Å². The molecule has 0 bridgehead atoms. The zero-order valence-corrected chi connectivity index (χ0v) is 5.39. The van der Waals surface area contributed by atoms with Crippen LogP contribution in [0, 0.1) is 5.92 Å². The first-order chi connectivity index (χ1) is 4.22. The quantitative estimate of drug-likeness (QED) is 0.518. The van der Waals surface area contributed by atoms with Crippen molar-refractivity contribution in [1.82, 2.24) is 0 Å². The van der Waals surface area contributed by atoms with Gasteiger partial charge < -0.3 is 5.73 Å². The SMILES string of the molecule is C=C1CCCC1C(N)=O. The van der Waals surface area contributed by atoms with E-state index in [0.29, 0.717) is 0 Å². The van der Waals surface area contributed by atoms with E-state index >= 15 is 0 Å². The van der Waals surface area contributed by atoms with E-state index in [1.54, 1.807) is 0 Å². The Kier molecular flexibility index (Phi) is 1.56. The fourth-order valence-electron chi connectivity index (χ4n) is 1.26. The van der Waals surface area contributed by atoms with Gasteiger partial charge in [-0.3, -0.25) is 4.79 Å². The summed E-state index contributed by atoms with van der Waals surface area (Å²) in [6.45, 7) is 3.76. The molecule has 0 aliphatic heterocycles. The lowest BCUT2D eigenvalue weighted by molar-refractivity contribution is -0.120. The van der Waals surface area contributed by atoms with Crippen molar-refractivity contribution in [2.24, 2.45) is 11.7 Å². The molecule has 1 amide bonds. The summed E-state index contributed by atoms with van der Waals surface area (Å²) in [7, 11) is 0. The van der Waals surface area contributed by atoms with Gasteiger partial charge >= 0.3 is 0 Å². The summed E-state index contributed by atoms with van der Waals surface area (Å²) >= 11 is 0. The number of amides is 1. The minimum atomic E-state index is -0.211. The van der Waals surface area contributed by atoms with Crippen LogP contribution in [0.2, 0.25) is 0 Å². The van der Waals surface area contributed by atoms with Crippen LogP contribution >= 0.6 is 0 Å². The van der Waals surface area contributed by atoms with Gasteiger partial charge in [-0.15, -0.1) is 0 Å². The van der Waals surface area contributed by atoms with Crippen molar-refractivity contribution in [3.05, 3.63) is 12.2 Å². The van der Waals surface area contributed by atoms with Crippen LogP contribution in [-0.2, 0) is 4.79 Å². The molecule has 1 aliphatic carbocycles. The van der Waals surface area contributed by atoms with Gasteiger partial charge in [0.25, 0.3) is 0 Å². The van der Waals surface area contributed by atoms with Crippen molar-refractivity contribution < 1.29 is 4.79 Å². The second-order valence-electron chi connectivity index (χ2n) is 2.51. The van der Waals surface area contributed by atoms with Gasteiger partial charge in [-0.05, 0) is 19.3 Å². The van der Waals surface area contributed by atoms with Gasteiger partial charge in [-0.2, -0.15) is 0 Å². The molecule has 1 aliphatic rings. The third-order valence-electron chi connectivity index (χ3n) is 1.83. The molecule has 1 unspecified atom stereocenters. The summed E-state index contributed by atoms with van der Waals surface area (Å²) in [5.41, 5.74) is 6.10. The van der Waals surface area contributed by atoms with Crippen molar-refractivity contribution >= 4 is 5.91 Å². The highest BCUT2D eigenvalue weighted by molar-refractivity contribution is 5.80. The molecule has 2 nitrogen and oxygen atoms in total. The second kappa shape index (κ2) is 2.21. The van der Waals surface area contributed by atoms with E-state index in [9.17, 15) is 4.79 Å². The Labute approximate surface area is 54.7 Å². The Balaban J connectivity index is 2.60. The number of carbonyl (C=O) groups excluding carboxylic acids is 1. The number of hydrogen-bond acceptors (Lipinski definition) is 1. The Morgan fingerprint density at radius 3 is 2.67 bits per heavy atom. The zero-order valence-electron chi connectivity index (χ0n) is 5.39. The van der Waals surface area contributed by atoms with E-state index in [1.165, 1.54) is 0 Å². The number of carbonyl (C=O) groups is 1. The molecular weight excluding hydrogens is 114 g/mol. The summed E-state index contributed by atoms with van der Waals surface area (Å²) in [4.78, 5) is 10.6. The molecule has 1 rings (SSSR count). The van der Waals surface area contributed by atoms with E-state index in [2.05, 4.69) is 6.58 Å². The highest BCUT2D eigenvalue weighted by atomic mass is 16.1. The van der Waals surface area contributed by atoms with Gasteiger partial charge in [-0.25, -0.2) is 0 Å².